The Kier molecular flexibility index (Phi) is 6.55. The fraction of sp³-hybridized carbons (Fsp3) is 0.211. The van der Waals surface area contributed by atoms with Crippen molar-refractivity contribution >= 4 is 29.5 Å². The van der Waals surface area contributed by atoms with Gasteiger partial charge in [0.15, 0.2) is 0 Å². The highest BCUT2D eigenvalue weighted by Crippen LogP contribution is 2.35. The highest BCUT2D eigenvalue weighted by atomic mass is 35.5. The number of rotatable bonds is 4. The summed E-state index contributed by atoms with van der Waals surface area (Å²) >= 11 is 5.64. The number of aromatic amines is 1. The predicted molar refractivity (Wildman–Crippen MR) is 104 cm³/mol. The van der Waals surface area contributed by atoms with Crippen LogP contribution in [0.2, 0.25) is 0 Å². The summed E-state index contributed by atoms with van der Waals surface area (Å²) in [5.74, 6) is -3.23. The van der Waals surface area contributed by atoms with E-state index in [1.165, 1.54) is 25.3 Å². The molecule has 0 spiro atoms. The quantitative estimate of drug-likeness (QED) is 0.589. The van der Waals surface area contributed by atoms with Crippen LogP contribution in [0.4, 0.5) is 0 Å². The van der Waals surface area contributed by atoms with Crippen molar-refractivity contribution in [1.82, 2.24) is 15.2 Å². The molecule has 1 aliphatic rings. The molecule has 1 atom stereocenters. The summed E-state index contributed by atoms with van der Waals surface area (Å²) in [7, 11) is 0. The standard InChI is InChI=1S/C10H9N3O2.C9H9ClO4/c1-6-3-2-4-8(12-6)9-7(10(14)15)5-11-13-9;1-9(8(13)14)3-5(7(11)12)2-6(10)4-9/h2-5H,1H3,(H,11,13)(H,14,15);2,4H,3H2,1H3,(H,11,12)(H,13,14). The van der Waals surface area contributed by atoms with Crippen molar-refractivity contribution in [1.29, 1.82) is 0 Å². The van der Waals surface area contributed by atoms with E-state index >= 15 is 0 Å². The first-order valence-corrected chi connectivity index (χ1v) is 8.68. The zero-order valence-corrected chi connectivity index (χ0v) is 16.3. The number of carbonyl (C=O) groups is 3. The summed E-state index contributed by atoms with van der Waals surface area (Å²) in [6.45, 7) is 3.28. The molecule has 0 aliphatic heterocycles. The van der Waals surface area contributed by atoms with Crippen LogP contribution in [0, 0.1) is 12.3 Å². The van der Waals surface area contributed by atoms with E-state index in [9.17, 15) is 14.4 Å². The van der Waals surface area contributed by atoms with Crippen molar-refractivity contribution in [3.63, 3.8) is 0 Å². The third-order valence-corrected chi connectivity index (χ3v) is 4.31. The number of nitrogens with zero attached hydrogens (tertiary/aromatic N) is 2. The number of aryl methyl sites for hydroxylation is 1. The molecule has 0 saturated carbocycles. The number of pyridine rings is 1. The Morgan fingerprint density at radius 3 is 2.41 bits per heavy atom. The molecular formula is C19H18ClN3O6. The van der Waals surface area contributed by atoms with Gasteiger partial charge in [0.05, 0.1) is 11.1 Å². The monoisotopic (exact) mass is 419 g/mol. The van der Waals surface area contributed by atoms with Gasteiger partial charge in [0, 0.05) is 22.5 Å². The number of aliphatic carboxylic acids is 2. The minimum absolute atomic E-state index is 0.0161. The number of halogens is 1. The van der Waals surface area contributed by atoms with E-state index in [0.717, 1.165) is 5.69 Å². The normalized spacial score (nSPS) is 18.0. The van der Waals surface area contributed by atoms with E-state index < -0.39 is 23.3 Å². The van der Waals surface area contributed by atoms with Gasteiger partial charge in [-0.1, -0.05) is 17.7 Å². The Morgan fingerprint density at radius 1 is 1.17 bits per heavy atom. The third-order valence-electron chi connectivity index (χ3n) is 4.09. The lowest BCUT2D eigenvalue weighted by atomic mass is 9.80. The molecule has 1 unspecified atom stereocenters. The molecular weight excluding hydrogens is 402 g/mol. The van der Waals surface area contributed by atoms with Crippen LogP contribution < -0.4 is 0 Å². The van der Waals surface area contributed by atoms with E-state index in [4.69, 9.17) is 26.9 Å². The molecule has 29 heavy (non-hydrogen) atoms. The van der Waals surface area contributed by atoms with E-state index in [1.807, 2.05) is 19.1 Å². The molecule has 2 heterocycles. The highest BCUT2D eigenvalue weighted by Gasteiger charge is 2.36. The van der Waals surface area contributed by atoms with Crippen LogP contribution in [-0.2, 0) is 9.59 Å². The van der Waals surface area contributed by atoms with Gasteiger partial charge in [-0.05, 0) is 44.6 Å². The van der Waals surface area contributed by atoms with Crippen LogP contribution in [-0.4, -0.2) is 48.4 Å². The number of hydrogen-bond donors (Lipinski definition) is 4. The van der Waals surface area contributed by atoms with Crippen LogP contribution >= 0.6 is 11.6 Å². The van der Waals surface area contributed by atoms with Crippen molar-refractivity contribution in [3.8, 4) is 11.4 Å². The molecule has 0 aromatic carbocycles. The summed E-state index contributed by atoms with van der Waals surface area (Å²) in [5.41, 5.74) is 0.682. The largest absolute Gasteiger partial charge is 0.481 e. The Balaban J connectivity index is 0.000000208. The average molecular weight is 420 g/mol. The molecule has 4 N–H and O–H groups in total. The molecule has 3 rings (SSSR count). The number of aromatic nitrogens is 3. The van der Waals surface area contributed by atoms with Gasteiger partial charge in [-0.3, -0.25) is 14.9 Å². The summed E-state index contributed by atoms with van der Waals surface area (Å²) in [6, 6.07) is 5.39. The summed E-state index contributed by atoms with van der Waals surface area (Å²) in [5, 5.41) is 33.1. The maximum Gasteiger partial charge on any atom is 0.339 e. The number of H-pyrrole nitrogens is 1. The lowest BCUT2D eigenvalue weighted by molar-refractivity contribution is -0.145. The van der Waals surface area contributed by atoms with Crippen molar-refractivity contribution in [2.45, 2.75) is 20.3 Å². The highest BCUT2D eigenvalue weighted by molar-refractivity contribution is 6.31. The van der Waals surface area contributed by atoms with Crippen LogP contribution in [0.25, 0.3) is 11.4 Å². The maximum absolute atomic E-state index is 10.9. The molecule has 0 saturated heterocycles. The number of allylic oxidation sites excluding steroid dienone is 2. The van der Waals surface area contributed by atoms with Gasteiger partial charge >= 0.3 is 17.9 Å². The average Bonchev–Trinajstić information content (AvgIpc) is 3.11. The van der Waals surface area contributed by atoms with Crippen molar-refractivity contribution in [2.75, 3.05) is 0 Å². The number of carboxylic acid groups (broad SMARTS) is 3. The van der Waals surface area contributed by atoms with Gasteiger partial charge < -0.3 is 15.3 Å². The third kappa shape index (κ3) is 5.29. The van der Waals surface area contributed by atoms with E-state index in [1.54, 1.807) is 6.07 Å². The number of aromatic carboxylic acids is 1. The van der Waals surface area contributed by atoms with Crippen LogP contribution in [0.1, 0.15) is 29.4 Å². The first-order chi connectivity index (χ1) is 13.5. The fourth-order valence-corrected chi connectivity index (χ4v) is 2.98. The topological polar surface area (TPSA) is 153 Å². The van der Waals surface area contributed by atoms with E-state index in [0.29, 0.717) is 11.4 Å². The molecule has 1 aliphatic carbocycles. The Morgan fingerprint density at radius 2 is 1.86 bits per heavy atom. The summed E-state index contributed by atoms with van der Waals surface area (Å²) in [6.07, 6.45) is 3.92. The lowest BCUT2D eigenvalue weighted by Gasteiger charge is -2.24. The molecule has 2 aromatic rings. The first kappa shape index (κ1) is 21.8. The van der Waals surface area contributed by atoms with Crippen molar-refractivity contribution in [2.24, 2.45) is 5.41 Å². The lowest BCUT2D eigenvalue weighted by Crippen LogP contribution is -2.29. The minimum atomic E-state index is -1.22. The Hall–Kier alpha value is -3.46. The number of nitrogens with one attached hydrogen (secondary N) is 1. The second kappa shape index (κ2) is 8.70. The number of hydrogen-bond acceptors (Lipinski definition) is 5. The van der Waals surface area contributed by atoms with Gasteiger partial charge in [-0.2, -0.15) is 5.10 Å². The van der Waals surface area contributed by atoms with Crippen LogP contribution in [0.15, 0.2) is 47.2 Å². The number of carboxylic acids is 3. The Labute approximate surface area is 170 Å². The van der Waals surface area contributed by atoms with Crippen LogP contribution in [0.5, 0.6) is 0 Å². The maximum atomic E-state index is 10.9. The molecule has 0 fully saturated rings. The zero-order chi connectivity index (χ0) is 21.8. The second-order valence-corrected chi connectivity index (χ2v) is 6.96. The van der Waals surface area contributed by atoms with Crippen molar-refractivity contribution in [3.05, 3.63) is 58.4 Å². The molecule has 0 radical (unpaired) electrons. The minimum Gasteiger partial charge on any atom is -0.481 e. The van der Waals surface area contributed by atoms with Gasteiger partial charge in [0.2, 0.25) is 0 Å². The van der Waals surface area contributed by atoms with Gasteiger partial charge in [-0.15, -0.1) is 0 Å². The fourth-order valence-electron chi connectivity index (χ4n) is 2.61. The summed E-state index contributed by atoms with van der Waals surface area (Å²) in [4.78, 5) is 36.6. The molecule has 0 amide bonds. The molecule has 9 nitrogen and oxygen atoms in total. The van der Waals surface area contributed by atoms with Crippen LogP contribution in [0.3, 0.4) is 0 Å². The molecule has 152 valence electrons. The van der Waals surface area contributed by atoms with E-state index in [2.05, 4.69) is 15.2 Å². The molecule has 10 heteroatoms. The summed E-state index contributed by atoms with van der Waals surface area (Å²) < 4.78 is 0. The van der Waals surface area contributed by atoms with Gasteiger partial charge in [0.25, 0.3) is 0 Å². The SMILES string of the molecule is CC1(C(=O)O)C=C(Cl)C=C(C(=O)O)C1.Cc1cccc(-c2n[nH]cc2C(=O)O)n1. The smallest absolute Gasteiger partial charge is 0.339 e. The molecule has 2 aromatic heterocycles. The second-order valence-electron chi connectivity index (χ2n) is 6.52. The Bertz CT molecular complexity index is 1030. The van der Waals surface area contributed by atoms with Crippen molar-refractivity contribution < 1.29 is 29.7 Å². The van der Waals surface area contributed by atoms with Gasteiger partial charge in [-0.25, -0.2) is 9.59 Å². The molecule has 0 bridgehead atoms. The first-order valence-electron chi connectivity index (χ1n) is 8.30. The van der Waals surface area contributed by atoms with Gasteiger partial charge in [0.1, 0.15) is 11.3 Å². The van der Waals surface area contributed by atoms with E-state index in [-0.39, 0.29) is 22.6 Å². The zero-order valence-electron chi connectivity index (χ0n) is 15.5. The predicted octanol–water partition coefficient (Wildman–Crippen LogP) is 3.09.